The summed E-state index contributed by atoms with van der Waals surface area (Å²) in [4.78, 5) is 0. The molecule has 1 aromatic carbocycles. The molecule has 2 atom stereocenters. The predicted octanol–water partition coefficient (Wildman–Crippen LogP) is 3.50. The van der Waals surface area contributed by atoms with Crippen molar-refractivity contribution in [1.29, 1.82) is 0 Å². The van der Waals surface area contributed by atoms with E-state index < -0.39 is 5.60 Å². The second kappa shape index (κ2) is 3.59. The molecule has 0 bridgehead atoms. The Morgan fingerprint density at radius 3 is 2.50 bits per heavy atom. The van der Waals surface area contributed by atoms with E-state index in [1.165, 1.54) is 5.56 Å². The summed E-state index contributed by atoms with van der Waals surface area (Å²) in [6.07, 6.45) is 1.80. The first-order chi connectivity index (χ1) is 7.39. The molecular formula is C15H22O. The highest BCUT2D eigenvalue weighted by Crippen LogP contribution is 2.50. The highest BCUT2D eigenvalue weighted by Gasteiger charge is 2.48. The van der Waals surface area contributed by atoms with Crippen LogP contribution < -0.4 is 0 Å². The van der Waals surface area contributed by atoms with Crippen LogP contribution in [0.5, 0.6) is 0 Å². The second-order valence-electron chi connectivity index (χ2n) is 6.06. The van der Waals surface area contributed by atoms with E-state index in [9.17, 15) is 5.11 Å². The third-order valence-electron chi connectivity index (χ3n) is 4.07. The van der Waals surface area contributed by atoms with Gasteiger partial charge in [-0.05, 0) is 29.4 Å². The lowest BCUT2D eigenvalue weighted by atomic mass is 9.70. The fraction of sp³-hybridized carbons (Fsp3) is 0.600. The molecule has 0 radical (unpaired) electrons. The van der Waals surface area contributed by atoms with Gasteiger partial charge in [0.25, 0.3) is 0 Å². The number of fused-ring (bicyclic) bond motifs is 1. The third-order valence-corrected chi connectivity index (χ3v) is 4.07. The Morgan fingerprint density at radius 1 is 1.31 bits per heavy atom. The Hall–Kier alpha value is -0.820. The Bertz CT molecular complexity index is 389. The van der Waals surface area contributed by atoms with Gasteiger partial charge in [-0.15, -0.1) is 0 Å². The van der Waals surface area contributed by atoms with Gasteiger partial charge in [0.05, 0.1) is 5.60 Å². The first-order valence-corrected chi connectivity index (χ1v) is 6.20. The SMILES string of the molecule is CCC1(O)c2ccccc2CC1C(C)(C)C. The van der Waals surface area contributed by atoms with Gasteiger partial charge in [0.15, 0.2) is 0 Å². The quantitative estimate of drug-likeness (QED) is 0.765. The van der Waals surface area contributed by atoms with Crippen molar-refractivity contribution in [3.05, 3.63) is 35.4 Å². The van der Waals surface area contributed by atoms with Crippen LogP contribution >= 0.6 is 0 Å². The molecule has 0 aliphatic heterocycles. The summed E-state index contributed by atoms with van der Waals surface area (Å²) in [5, 5.41) is 10.9. The van der Waals surface area contributed by atoms with Crippen LogP contribution in [0.25, 0.3) is 0 Å². The number of rotatable bonds is 1. The average molecular weight is 218 g/mol. The zero-order valence-corrected chi connectivity index (χ0v) is 10.7. The van der Waals surface area contributed by atoms with Crippen LogP contribution in [0.1, 0.15) is 45.2 Å². The van der Waals surface area contributed by atoms with Crippen LogP contribution in [0, 0.1) is 11.3 Å². The van der Waals surface area contributed by atoms with E-state index in [0.29, 0.717) is 5.92 Å². The summed E-state index contributed by atoms with van der Waals surface area (Å²) < 4.78 is 0. The highest BCUT2D eigenvalue weighted by molar-refractivity contribution is 5.39. The van der Waals surface area contributed by atoms with E-state index in [1.54, 1.807) is 0 Å². The molecule has 1 aromatic rings. The van der Waals surface area contributed by atoms with E-state index in [2.05, 4.69) is 45.9 Å². The lowest BCUT2D eigenvalue weighted by Gasteiger charge is -2.39. The first-order valence-electron chi connectivity index (χ1n) is 6.20. The zero-order chi connectivity index (χ0) is 12.0. The van der Waals surface area contributed by atoms with Crippen LogP contribution in [0.15, 0.2) is 24.3 Å². The second-order valence-corrected chi connectivity index (χ2v) is 6.06. The van der Waals surface area contributed by atoms with Crippen molar-refractivity contribution in [2.24, 2.45) is 11.3 Å². The zero-order valence-electron chi connectivity index (χ0n) is 10.7. The summed E-state index contributed by atoms with van der Waals surface area (Å²) in [6, 6.07) is 8.34. The normalized spacial score (nSPS) is 29.2. The molecule has 1 aliphatic rings. The molecule has 0 amide bonds. The van der Waals surface area contributed by atoms with Crippen molar-refractivity contribution in [2.45, 2.75) is 46.1 Å². The van der Waals surface area contributed by atoms with Gasteiger partial charge in [0.2, 0.25) is 0 Å². The molecule has 0 aromatic heterocycles. The smallest absolute Gasteiger partial charge is 0.0932 e. The molecule has 0 heterocycles. The van der Waals surface area contributed by atoms with Crippen molar-refractivity contribution in [1.82, 2.24) is 0 Å². The molecule has 1 N–H and O–H groups in total. The van der Waals surface area contributed by atoms with Crippen LogP contribution in [-0.4, -0.2) is 5.11 Å². The minimum atomic E-state index is -0.630. The number of aliphatic hydroxyl groups is 1. The molecule has 0 saturated heterocycles. The van der Waals surface area contributed by atoms with Gasteiger partial charge in [-0.25, -0.2) is 0 Å². The summed E-state index contributed by atoms with van der Waals surface area (Å²) in [7, 11) is 0. The Labute approximate surface area is 98.5 Å². The van der Waals surface area contributed by atoms with Gasteiger partial charge in [-0.3, -0.25) is 0 Å². The molecule has 1 nitrogen and oxygen atoms in total. The van der Waals surface area contributed by atoms with Gasteiger partial charge >= 0.3 is 0 Å². The Balaban J connectivity index is 2.51. The van der Waals surface area contributed by atoms with Crippen LogP contribution in [0.4, 0.5) is 0 Å². The average Bonchev–Trinajstić information content (AvgIpc) is 2.54. The maximum absolute atomic E-state index is 10.9. The van der Waals surface area contributed by atoms with Gasteiger partial charge in [0, 0.05) is 5.92 Å². The van der Waals surface area contributed by atoms with E-state index in [1.807, 2.05) is 6.07 Å². The molecule has 0 spiro atoms. The monoisotopic (exact) mass is 218 g/mol. The van der Waals surface area contributed by atoms with Gasteiger partial charge in [-0.1, -0.05) is 52.0 Å². The highest BCUT2D eigenvalue weighted by atomic mass is 16.3. The van der Waals surface area contributed by atoms with Crippen LogP contribution in [-0.2, 0) is 12.0 Å². The molecular weight excluding hydrogens is 196 g/mol. The lowest BCUT2D eigenvalue weighted by Crippen LogP contribution is -2.38. The Kier molecular flexibility index (Phi) is 2.62. The molecule has 1 aliphatic carbocycles. The first kappa shape index (κ1) is 11.7. The summed E-state index contributed by atoms with van der Waals surface area (Å²) in [5.41, 5.74) is 1.99. The van der Waals surface area contributed by atoms with Gasteiger partial charge < -0.3 is 5.11 Å². The van der Waals surface area contributed by atoms with Crippen molar-refractivity contribution < 1.29 is 5.11 Å². The van der Waals surface area contributed by atoms with Crippen molar-refractivity contribution in [3.8, 4) is 0 Å². The van der Waals surface area contributed by atoms with Gasteiger partial charge in [-0.2, -0.15) is 0 Å². The molecule has 2 rings (SSSR count). The van der Waals surface area contributed by atoms with E-state index >= 15 is 0 Å². The predicted molar refractivity (Wildman–Crippen MR) is 67.3 cm³/mol. The summed E-state index contributed by atoms with van der Waals surface area (Å²) in [5.74, 6) is 0.322. The van der Waals surface area contributed by atoms with Gasteiger partial charge in [0.1, 0.15) is 0 Å². The standard InChI is InChI=1S/C15H22O/c1-5-15(16)12-9-7-6-8-11(12)10-13(15)14(2,3)4/h6-9,13,16H,5,10H2,1-4H3. The largest absolute Gasteiger partial charge is 0.385 e. The van der Waals surface area contributed by atoms with E-state index in [-0.39, 0.29) is 5.41 Å². The fourth-order valence-electron chi connectivity index (χ4n) is 3.16. The molecule has 0 saturated carbocycles. The van der Waals surface area contributed by atoms with Crippen LogP contribution in [0.2, 0.25) is 0 Å². The summed E-state index contributed by atoms with van der Waals surface area (Å²) >= 11 is 0. The minimum Gasteiger partial charge on any atom is -0.385 e. The third kappa shape index (κ3) is 1.58. The van der Waals surface area contributed by atoms with Crippen molar-refractivity contribution in [2.75, 3.05) is 0 Å². The van der Waals surface area contributed by atoms with E-state index in [0.717, 1.165) is 18.4 Å². The molecule has 1 heteroatoms. The van der Waals surface area contributed by atoms with Crippen molar-refractivity contribution >= 4 is 0 Å². The topological polar surface area (TPSA) is 20.2 Å². The molecule has 16 heavy (non-hydrogen) atoms. The number of benzene rings is 1. The lowest BCUT2D eigenvalue weighted by molar-refractivity contribution is -0.0581. The number of hydrogen-bond donors (Lipinski definition) is 1. The van der Waals surface area contributed by atoms with Crippen LogP contribution in [0.3, 0.4) is 0 Å². The maximum atomic E-state index is 10.9. The minimum absolute atomic E-state index is 0.143. The molecule has 88 valence electrons. The maximum Gasteiger partial charge on any atom is 0.0932 e. The summed E-state index contributed by atoms with van der Waals surface area (Å²) in [6.45, 7) is 8.76. The van der Waals surface area contributed by atoms with E-state index in [4.69, 9.17) is 0 Å². The van der Waals surface area contributed by atoms with Crippen molar-refractivity contribution in [3.63, 3.8) is 0 Å². The molecule has 2 unspecified atom stereocenters. The Morgan fingerprint density at radius 2 is 1.94 bits per heavy atom. The molecule has 0 fully saturated rings. The number of hydrogen-bond acceptors (Lipinski definition) is 1. The fourth-order valence-corrected chi connectivity index (χ4v) is 3.16.